The summed E-state index contributed by atoms with van der Waals surface area (Å²) in [6.45, 7) is 0. The predicted molar refractivity (Wildman–Crippen MR) is 135 cm³/mol. The molecule has 1 amide bonds. The minimum absolute atomic E-state index is 0.112. The molecule has 0 aliphatic carbocycles. The largest absolute Gasteiger partial charge is 0.463 e. The smallest absolute Gasteiger partial charge is 0.373 e. The molecule has 1 heterocycles. The summed E-state index contributed by atoms with van der Waals surface area (Å²) in [5.74, 6) is -3.05. The number of hydrogen-bond donors (Lipinski definition) is 1. The normalized spacial score (nSPS) is 19.3. The zero-order valence-corrected chi connectivity index (χ0v) is 21.0. The van der Waals surface area contributed by atoms with Gasteiger partial charge in [-0.2, -0.15) is 0 Å². The van der Waals surface area contributed by atoms with Crippen molar-refractivity contribution in [1.82, 2.24) is 5.32 Å². The van der Waals surface area contributed by atoms with Crippen LogP contribution in [0.2, 0.25) is 5.02 Å². The van der Waals surface area contributed by atoms with Crippen LogP contribution in [0.1, 0.15) is 27.4 Å². The molecule has 3 aromatic carbocycles. The molecule has 0 unspecified atom stereocenters. The molecule has 0 bridgehead atoms. The number of benzene rings is 3. The Morgan fingerprint density at radius 2 is 1.80 bits per heavy atom. The molecule has 0 saturated heterocycles. The van der Waals surface area contributed by atoms with Crippen LogP contribution in [-0.4, -0.2) is 30.5 Å². The monoisotopic (exact) mass is 553 g/mol. The molecular formula is C27H21BrClNO5. The van der Waals surface area contributed by atoms with Crippen molar-refractivity contribution in [2.75, 3.05) is 7.11 Å². The van der Waals surface area contributed by atoms with E-state index in [1.807, 2.05) is 54.6 Å². The quantitative estimate of drug-likeness (QED) is 0.423. The third-order valence-electron chi connectivity index (χ3n) is 5.76. The van der Waals surface area contributed by atoms with Crippen molar-refractivity contribution in [1.29, 1.82) is 0 Å². The van der Waals surface area contributed by atoms with Gasteiger partial charge in [0.2, 0.25) is 5.76 Å². The number of rotatable bonds is 6. The lowest BCUT2D eigenvalue weighted by Gasteiger charge is -2.41. The second-order valence-electron chi connectivity index (χ2n) is 8.04. The van der Waals surface area contributed by atoms with E-state index in [0.29, 0.717) is 10.6 Å². The van der Waals surface area contributed by atoms with Gasteiger partial charge in [0.1, 0.15) is 0 Å². The Balaban J connectivity index is 1.89. The number of carbonyl (C=O) groups is 3. The Morgan fingerprint density at radius 1 is 1.06 bits per heavy atom. The fourth-order valence-corrected chi connectivity index (χ4v) is 4.72. The van der Waals surface area contributed by atoms with E-state index in [-0.39, 0.29) is 17.7 Å². The second kappa shape index (κ2) is 10.5. The van der Waals surface area contributed by atoms with E-state index in [4.69, 9.17) is 21.1 Å². The van der Waals surface area contributed by atoms with Crippen molar-refractivity contribution in [2.24, 2.45) is 0 Å². The molecule has 3 aromatic rings. The van der Waals surface area contributed by atoms with E-state index < -0.39 is 29.3 Å². The molecule has 6 nitrogen and oxygen atoms in total. The van der Waals surface area contributed by atoms with Crippen molar-refractivity contribution in [3.63, 3.8) is 0 Å². The van der Waals surface area contributed by atoms with Crippen LogP contribution in [0.4, 0.5) is 0 Å². The molecular weight excluding hydrogens is 534 g/mol. The lowest BCUT2D eigenvalue weighted by Crippen LogP contribution is -2.62. The van der Waals surface area contributed by atoms with Gasteiger partial charge >= 0.3 is 11.9 Å². The summed E-state index contributed by atoms with van der Waals surface area (Å²) in [6, 6.07) is 23.0. The van der Waals surface area contributed by atoms with Gasteiger partial charge in [-0.25, -0.2) is 9.59 Å². The predicted octanol–water partition coefficient (Wildman–Crippen LogP) is 5.21. The number of cyclic esters (lactones) is 1. The number of methoxy groups -OCH3 is 1. The van der Waals surface area contributed by atoms with Gasteiger partial charge in [0.25, 0.3) is 5.91 Å². The minimum Gasteiger partial charge on any atom is -0.463 e. The number of halogens is 2. The van der Waals surface area contributed by atoms with E-state index in [0.717, 1.165) is 10.0 Å². The molecule has 1 aliphatic rings. The highest BCUT2D eigenvalue weighted by Gasteiger charge is 2.52. The van der Waals surface area contributed by atoms with Gasteiger partial charge in [0.15, 0.2) is 5.54 Å². The number of amides is 1. The summed E-state index contributed by atoms with van der Waals surface area (Å²) in [5, 5.41) is 3.32. The summed E-state index contributed by atoms with van der Waals surface area (Å²) < 4.78 is 11.0. The molecule has 0 saturated carbocycles. The molecule has 1 aliphatic heterocycles. The van der Waals surface area contributed by atoms with E-state index in [2.05, 4.69) is 21.2 Å². The van der Waals surface area contributed by atoms with Gasteiger partial charge in [-0.05, 0) is 47.5 Å². The summed E-state index contributed by atoms with van der Waals surface area (Å²) in [5.41, 5.74) is 0.206. The third kappa shape index (κ3) is 5.31. The van der Waals surface area contributed by atoms with E-state index in [1.54, 1.807) is 18.2 Å². The lowest BCUT2D eigenvalue weighted by molar-refractivity contribution is -0.156. The minimum atomic E-state index is -1.57. The van der Waals surface area contributed by atoms with Crippen LogP contribution in [0, 0.1) is 0 Å². The highest BCUT2D eigenvalue weighted by Crippen LogP contribution is 2.40. The standard InChI is InChI=1S/C27H21BrClNO5/c1-34-25(32)23-15-22(18-9-5-11-20(28)13-18)27(26(33)35-23,16-17-7-3-2-4-8-17)30-24(31)19-10-6-12-21(29)14-19/h2-15,22H,16H2,1H3,(H,30,31)/t22-,27+/m1/s1. The van der Waals surface area contributed by atoms with Gasteiger partial charge in [0.05, 0.1) is 7.11 Å². The van der Waals surface area contributed by atoms with Crippen LogP contribution in [0.25, 0.3) is 0 Å². The van der Waals surface area contributed by atoms with Crippen molar-refractivity contribution >= 4 is 45.4 Å². The maximum Gasteiger partial charge on any atom is 0.373 e. The molecule has 2 atom stereocenters. The van der Waals surface area contributed by atoms with Crippen LogP contribution in [0.15, 0.2) is 95.2 Å². The van der Waals surface area contributed by atoms with Gasteiger partial charge in [-0.15, -0.1) is 0 Å². The summed E-state index contributed by atoms with van der Waals surface area (Å²) in [6.07, 6.45) is 1.64. The van der Waals surface area contributed by atoms with Crippen LogP contribution in [0.5, 0.6) is 0 Å². The maximum absolute atomic E-state index is 13.7. The van der Waals surface area contributed by atoms with Gasteiger partial charge in [-0.1, -0.05) is 76.1 Å². The summed E-state index contributed by atoms with van der Waals surface area (Å²) in [7, 11) is 1.21. The van der Waals surface area contributed by atoms with Crippen LogP contribution < -0.4 is 5.32 Å². The first-order chi connectivity index (χ1) is 16.8. The number of carbonyl (C=O) groups excluding carboxylic acids is 3. The zero-order valence-electron chi connectivity index (χ0n) is 18.7. The number of hydrogen-bond acceptors (Lipinski definition) is 5. The molecule has 8 heteroatoms. The summed E-state index contributed by atoms with van der Waals surface area (Å²) >= 11 is 9.57. The van der Waals surface area contributed by atoms with Crippen molar-refractivity contribution in [3.05, 3.63) is 117 Å². The number of esters is 2. The van der Waals surface area contributed by atoms with E-state index in [1.165, 1.54) is 19.3 Å². The fourth-order valence-electron chi connectivity index (χ4n) is 4.11. The van der Waals surface area contributed by atoms with Gasteiger partial charge < -0.3 is 14.8 Å². The Labute approximate surface area is 216 Å². The van der Waals surface area contributed by atoms with E-state index in [9.17, 15) is 14.4 Å². The molecule has 4 rings (SSSR count). The molecule has 0 aromatic heterocycles. The first-order valence-electron chi connectivity index (χ1n) is 10.7. The lowest BCUT2D eigenvalue weighted by atomic mass is 9.73. The van der Waals surface area contributed by atoms with Crippen molar-refractivity contribution in [3.8, 4) is 0 Å². The first-order valence-corrected chi connectivity index (χ1v) is 11.9. The molecule has 1 N–H and O–H groups in total. The van der Waals surface area contributed by atoms with Crippen LogP contribution in [0.3, 0.4) is 0 Å². The molecule has 178 valence electrons. The highest BCUT2D eigenvalue weighted by molar-refractivity contribution is 9.10. The molecule has 0 spiro atoms. The molecule has 0 radical (unpaired) electrons. The Hall–Kier alpha value is -3.42. The van der Waals surface area contributed by atoms with Crippen LogP contribution in [-0.2, 0) is 25.5 Å². The van der Waals surface area contributed by atoms with Gasteiger partial charge in [0, 0.05) is 27.4 Å². The second-order valence-corrected chi connectivity index (χ2v) is 9.40. The Kier molecular flexibility index (Phi) is 7.38. The summed E-state index contributed by atoms with van der Waals surface area (Å²) in [4.78, 5) is 39.5. The van der Waals surface area contributed by atoms with E-state index >= 15 is 0 Å². The Morgan fingerprint density at radius 3 is 2.49 bits per heavy atom. The SMILES string of the molecule is COC(=O)C1=C[C@H](c2cccc(Br)c2)[C@](Cc2ccccc2)(NC(=O)c2cccc(Cl)c2)C(=O)O1. The van der Waals surface area contributed by atoms with Crippen molar-refractivity contribution < 1.29 is 23.9 Å². The fraction of sp³-hybridized carbons (Fsp3) is 0.148. The molecule has 35 heavy (non-hydrogen) atoms. The average molecular weight is 555 g/mol. The first kappa shape index (κ1) is 24.7. The number of nitrogens with one attached hydrogen (secondary N) is 1. The zero-order chi connectivity index (χ0) is 25.0. The maximum atomic E-state index is 13.7. The number of ether oxygens (including phenoxy) is 2. The van der Waals surface area contributed by atoms with Gasteiger partial charge in [-0.3, -0.25) is 4.79 Å². The molecule has 0 fully saturated rings. The topological polar surface area (TPSA) is 81.7 Å². The van der Waals surface area contributed by atoms with Crippen LogP contribution >= 0.6 is 27.5 Å². The highest BCUT2D eigenvalue weighted by atomic mass is 79.9. The Bertz CT molecular complexity index is 1310. The van der Waals surface area contributed by atoms with Crippen molar-refractivity contribution in [2.45, 2.75) is 17.9 Å². The third-order valence-corrected chi connectivity index (χ3v) is 6.49. The average Bonchev–Trinajstić information content (AvgIpc) is 2.85.